The molecule has 3 aliphatic heterocycles. The number of aliphatic hydroxyl groups is 4. The van der Waals surface area contributed by atoms with Crippen molar-refractivity contribution < 1.29 is 156 Å². The average Bonchev–Trinajstić information content (AvgIpc) is 3.08. The Labute approximate surface area is 405 Å². The standard InChI is InChI=1S/C39H69NO14.2Ac/c1-15-27-39(11,47)32(43)21(4)29(42)19(2)17-37(9,46)34(54-36-31(51-25(8)41)26(40(12)13)16-20(3)49-36)22(5)30(23(6)35(45)52-27)53-28-18-38(10,48-14)33(44)24(7)50-28;;/h19-24,26-28,30-34,36,43-44,46-47H,15-18H2,1-14H3;;/t19-,20-,21+,22+,23-,24+,26+,27-,28+,30+,31-,32-,33+,34-,36?,37-,38-,39-;;/m1../s1. The minimum Gasteiger partial charge on any atom is -0.459 e. The number of Topliss-reactive ketones (excluding diaryl/α,β-unsaturated/α-hetero) is 1. The van der Waals surface area contributed by atoms with Crippen molar-refractivity contribution in [3.63, 3.8) is 0 Å². The number of rotatable bonds is 8. The summed E-state index contributed by atoms with van der Waals surface area (Å²) >= 11 is 0. The number of carbonyl (C=O) groups is 3. The molecule has 1 unspecified atom stereocenters. The maximum atomic E-state index is 14.2. The predicted octanol–water partition coefficient (Wildman–Crippen LogP) is 2.36. The van der Waals surface area contributed by atoms with E-state index in [0.717, 1.165) is 0 Å². The van der Waals surface area contributed by atoms with Crippen LogP contribution in [0.1, 0.15) is 102 Å². The molecular weight excluding hydrogens is 1160 g/mol. The Kier molecular flexibility index (Phi) is 22.1. The molecule has 3 heterocycles. The van der Waals surface area contributed by atoms with E-state index >= 15 is 0 Å². The summed E-state index contributed by atoms with van der Waals surface area (Å²) in [6.45, 7) is 17.6. The van der Waals surface area contributed by atoms with Gasteiger partial charge in [0.2, 0.25) is 0 Å². The van der Waals surface area contributed by atoms with Crippen LogP contribution < -0.4 is 0 Å². The van der Waals surface area contributed by atoms with Gasteiger partial charge in [-0.05, 0) is 74.9 Å². The van der Waals surface area contributed by atoms with Gasteiger partial charge in [0.25, 0.3) is 0 Å². The van der Waals surface area contributed by atoms with Crippen LogP contribution in [0.25, 0.3) is 0 Å². The SMILES string of the molecule is CC[C@H]1OC(=O)[C@H](C)[C@@H](O[C@H]2C[C@@](C)(OC)[C@@H](O)[C@H](C)O2)[C@H](C)[C@@H](OC2O[C@H](C)C[C@H](N(C)C)[C@H]2OC(C)=O)[C@](C)(O)C[C@@H](C)C(=O)[C@H](C)[C@@H](O)[C@]1(C)O.[Ac].[Ac]. The number of cyclic esters (lactones) is 1. The third-order valence-corrected chi connectivity index (χ3v) is 12.1. The summed E-state index contributed by atoms with van der Waals surface area (Å²) in [5, 5.41) is 46.5. The number of ether oxygens (including phenoxy) is 7. The number of ketones is 1. The van der Waals surface area contributed by atoms with E-state index in [0.29, 0.717) is 6.42 Å². The van der Waals surface area contributed by atoms with Crippen molar-refractivity contribution in [3.05, 3.63) is 0 Å². The molecular formula is C39H69Ac2NO14. The quantitative estimate of drug-likeness (QED) is 0.258. The molecule has 3 rings (SSSR count). The van der Waals surface area contributed by atoms with E-state index in [9.17, 15) is 34.8 Å². The van der Waals surface area contributed by atoms with Crippen LogP contribution in [0.2, 0.25) is 0 Å². The Bertz CT molecular complexity index is 1290. The number of carbonyl (C=O) groups excluding carboxylic acids is 3. The van der Waals surface area contributed by atoms with Gasteiger partial charge >= 0.3 is 11.9 Å². The molecule has 0 amide bonds. The number of hydrogen-bond donors (Lipinski definition) is 4. The number of esters is 2. The molecule has 0 aliphatic carbocycles. The largest absolute Gasteiger partial charge is 0.459 e. The summed E-state index contributed by atoms with van der Waals surface area (Å²) in [7, 11) is 5.19. The van der Waals surface area contributed by atoms with Gasteiger partial charge < -0.3 is 58.5 Å². The molecule has 4 N–H and O–H groups in total. The van der Waals surface area contributed by atoms with Crippen LogP contribution >= 0.6 is 0 Å². The van der Waals surface area contributed by atoms with Crippen molar-refractivity contribution in [3.8, 4) is 0 Å². The normalized spacial score (nSPS) is 45.8. The van der Waals surface area contributed by atoms with Gasteiger partial charge in [0, 0.05) is 126 Å². The molecule has 17 heteroatoms. The second-order valence-corrected chi connectivity index (χ2v) is 17.1. The van der Waals surface area contributed by atoms with E-state index < -0.39 is 114 Å². The molecule has 3 aliphatic rings. The Hall–Kier alpha value is 1.09. The van der Waals surface area contributed by atoms with Gasteiger partial charge in [0.05, 0.1) is 53.7 Å². The van der Waals surface area contributed by atoms with Crippen molar-refractivity contribution in [1.29, 1.82) is 0 Å². The minimum absolute atomic E-state index is 0. The van der Waals surface area contributed by atoms with E-state index in [2.05, 4.69) is 0 Å². The van der Waals surface area contributed by atoms with Gasteiger partial charge in [0.1, 0.15) is 23.6 Å². The van der Waals surface area contributed by atoms with Gasteiger partial charge in [-0.25, -0.2) is 0 Å². The molecule has 3 saturated heterocycles. The zero-order chi connectivity index (χ0) is 41.2. The summed E-state index contributed by atoms with van der Waals surface area (Å²) in [5.41, 5.74) is -4.92. The van der Waals surface area contributed by atoms with Gasteiger partial charge in [0.15, 0.2) is 18.7 Å². The maximum absolute atomic E-state index is 14.2. The van der Waals surface area contributed by atoms with Gasteiger partial charge in [-0.15, -0.1) is 0 Å². The second kappa shape index (κ2) is 22.4. The predicted molar refractivity (Wildman–Crippen MR) is 196 cm³/mol. The van der Waals surface area contributed by atoms with Crippen molar-refractivity contribution in [1.82, 2.24) is 4.90 Å². The summed E-state index contributed by atoms with van der Waals surface area (Å²) in [4.78, 5) is 42.4. The molecule has 18 atom stereocenters. The molecule has 0 spiro atoms. The molecule has 56 heavy (non-hydrogen) atoms. The van der Waals surface area contributed by atoms with Crippen LogP contribution in [0.4, 0.5) is 0 Å². The fourth-order valence-corrected chi connectivity index (χ4v) is 8.71. The number of likely N-dealkylation sites (N-methyl/N-ethyl adjacent to an activating group) is 1. The first-order valence-corrected chi connectivity index (χ1v) is 19.4. The van der Waals surface area contributed by atoms with Crippen molar-refractivity contribution >= 4 is 17.7 Å². The second-order valence-electron chi connectivity index (χ2n) is 17.1. The summed E-state index contributed by atoms with van der Waals surface area (Å²) < 4.78 is 43.3. The average molecular weight is 1230 g/mol. The number of methoxy groups -OCH3 is 1. The van der Waals surface area contributed by atoms with Crippen LogP contribution in [0.15, 0.2) is 0 Å². The van der Waals surface area contributed by atoms with Crippen molar-refractivity contribution in [2.24, 2.45) is 23.7 Å². The molecule has 3 fully saturated rings. The number of aliphatic hydroxyl groups excluding tert-OH is 2. The fraction of sp³-hybridized carbons (Fsp3) is 0.923. The Balaban J connectivity index is 0.00000784. The summed E-state index contributed by atoms with van der Waals surface area (Å²) in [6, 6.07) is -0.320. The van der Waals surface area contributed by atoms with Crippen molar-refractivity contribution in [2.45, 2.75) is 186 Å². The minimum atomic E-state index is -2.01. The van der Waals surface area contributed by atoms with E-state index in [1.165, 1.54) is 34.8 Å². The van der Waals surface area contributed by atoms with Crippen LogP contribution in [-0.2, 0) is 47.5 Å². The van der Waals surface area contributed by atoms with E-state index in [1.54, 1.807) is 41.5 Å². The first kappa shape index (κ1) is 55.1. The zero-order valence-electron chi connectivity index (χ0n) is 36.0. The van der Waals surface area contributed by atoms with Gasteiger partial charge in [-0.2, -0.15) is 0 Å². The summed E-state index contributed by atoms with van der Waals surface area (Å²) in [5.74, 6) is -5.68. The Morgan fingerprint density at radius 3 is 2.00 bits per heavy atom. The third-order valence-electron chi connectivity index (χ3n) is 12.1. The molecule has 15 nitrogen and oxygen atoms in total. The van der Waals surface area contributed by atoms with Gasteiger partial charge in [-0.3, -0.25) is 14.4 Å². The molecule has 0 saturated carbocycles. The Morgan fingerprint density at radius 2 is 1.48 bits per heavy atom. The maximum Gasteiger partial charge on any atom is 0.311 e. The molecule has 320 valence electrons. The smallest absolute Gasteiger partial charge is 0.311 e. The zero-order valence-corrected chi connectivity index (χ0v) is 45.5. The van der Waals surface area contributed by atoms with Crippen molar-refractivity contribution in [2.75, 3.05) is 21.2 Å². The molecule has 0 aromatic carbocycles. The van der Waals surface area contributed by atoms with Gasteiger partial charge in [-0.1, -0.05) is 27.7 Å². The van der Waals surface area contributed by atoms with E-state index in [4.69, 9.17) is 33.2 Å². The summed E-state index contributed by atoms with van der Waals surface area (Å²) in [6.07, 6.45) is -9.80. The molecule has 2 radical (unpaired) electrons. The first-order chi connectivity index (χ1) is 24.8. The van der Waals surface area contributed by atoms with Crippen LogP contribution in [-0.4, -0.2) is 149 Å². The number of hydrogen-bond acceptors (Lipinski definition) is 15. The third kappa shape index (κ3) is 12.8. The van der Waals surface area contributed by atoms with E-state index in [1.807, 2.05) is 25.9 Å². The molecule has 0 aromatic heterocycles. The fourth-order valence-electron chi connectivity index (χ4n) is 8.71. The van der Waals surface area contributed by atoms with Crippen LogP contribution in [0.3, 0.4) is 0 Å². The van der Waals surface area contributed by atoms with Crippen LogP contribution in [0.5, 0.6) is 0 Å². The van der Waals surface area contributed by atoms with Crippen LogP contribution in [0, 0.1) is 112 Å². The Morgan fingerprint density at radius 1 is 0.893 bits per heavy atom. The first-order valence-electron chi connectivity index (χ1n) is 19.4. The van der Waals surface area contributed by atoms with E-state index in [-0.39, 0.29) is 120 Å². The topological polar surface area (TPSA) is 200 Å². The number of nitrogens with zero attached hydrogens (tertiary/aromatic N) is 1. The molecule has 0 bridgehead atoms. The monoisotopic (exact) mass is 1230 g/mol. The molecule has 0 aromatic rings.